The minimum Gasteiger partial charge on any atom is -0.424 e. The number of fused-ring (bicyclic) bond motifs is 2. The predicted octanol–water partition coefficient (Wildman–Crippen LogP) is 3.80. The van der Waals surface area contributed by atoms with Crippen molar-refractivity contribution in [2.75, 3.05) is 0 Å². The number of esters is 1. The molecular formula is C18H14N2O2. The molecule has 2 aromatic heterocycles. The smallest absolute Gasteiger partial charge is 0.315 e. The first-order valence-corrected chi connectivity index (χ1v) is 7.13. The Morgan fingerprint density at radius 2 is 1.50 bits per heavy atom. The molecule has 0 saturated heterocycles. The van der Waals surface area contributed by atoms with Crippen LogP contribution in [0.25, 0.3) is 21.8 Å². The molecule has 0 aliphatic carbocycles. The quantitative estimate of drug-likeness (QED) is 0.564. The summed E-state index contributed by atoms with van der Waals surface area (Å²) in [5, 5.41) is 1.97. The lowest BCUT2D eigenvalue weighted by molar-refractivity contribution is -0.133. The molecule has 0 unspecified atom stereocenters. The second-order valence-corrected chi connectivity index (χ2v) is 5.21. The van der Waals surface area contributed by atoms with Crippen LogP contribution in [0.15, 0.2) is 60.9 Å². The lowest BCUT2D eigenvalue weighted by Crippen LogP contribution is -2.10. The lowest BCUT2D eigenvalue weighted by Gasteiger charge is -2.02. The zero-order chi connectivity index (χ0) is 14.9. The molecule has 0 aliphatic heterocycles. The average Bonchev–Trinajstić information content (AvgIpc) is 3.13. The van der Waals surface area contributed by atoms with Crippen LogP contribution in [-0.4, -0.2) is 15.9 Å². The Labute approximate surface area is 126 Å². The van der Waals surface area contributed by atoms with Gasteiger partial charge in [0.05, 0.1) is 6.42 Å². The molecule has 4 nitrogen and oxygen atoms in total. The van der Waals surface area contributed by atoms with E-state index in [1.807, 2.05) is 54.7 Å². The highest BCUT2D eigenvalue weighted by atomic mass is 16.5. The van der Waals surface area contributed by atoms with Gasteiger partial charge in [0.15, 0.2) is 5.75 Å². The largest absolute Gasteiger partial charge is 0.424 e. The van der Waals surface area contributed by atoms with Crippen LogP contribution in [0, 0.1) is 0 Å². The number of nitrogens with one attached hydrogen (secondary N) is 2. The standard InChI is InChI=1S/C18H14N2O2/c21-18(9-12-10-19-15-7-3-1-5-13(12)15)22-17-11-20-16-8-4-2-6-14(16)17/h1-8,10-11,19-20H,9H2. The summed E-state index contributed by atoms with van der Waals surface area (Å²) >= 11 is 0. The van der Waals surface area contributed by atoms with Crippen molar-refractivity contribution in [2.24, 2.45) is 0 Å². The Balaban J connectivity index is 1.58. The maximum absolute atomic E-state index is 12.2. The molecule has 0 radical (unpaired) electrons. The number of rotatable bonds is 3. The third kappa shape index (κ3) is 2.15. The molecule has 0 saturated carbocycles. The summed E-state index contributed by atoms with van der Waals surface area (Å²) in [6, 6.07) is 15.7. The van der Waals surface area contributed by atoms with Crippen LogP contribution in [0.2, 0.25) is 0 Å². The van der Waals surface area contributed by atoms with Gasteiger partial charge in [0.2, 0.25) is 0 Å². The number of hydrogen-bond donors (Lipinski definition) is 2. The minimum atomic E-state index is -0.269. The molecule has 0 spiro atoms. The van der Waals surface area contributed by atoms with E-state index in [1.165, 1.54) is 0 Å². The Morgan fingerprint density at radius 1 is 0.864 bits per heavy atom. The first kappa shape index (κ1) is 12.7. The summed E-state index contributed by atoms with van der Waals surface area (Å²) in [5.74, 6) is 0.301. The number of aromatic amines is 2. The maximum atomic E-state index is 12.2. The van der Waals surface area contributed by atoms with Crippen LogP contribution < -0.4 is 4.74 Å². The van der Waals surface area contributed by atoms with Crippen molar-refractivity contribution < 1.29 is 9.53 Å². The number of ether oxygens (including phenoxy) is 1. The molecule has 0 atom stereocenters. The van der Waals surface area contributed by atoms with Gasteiger partial charge in [-0.3, -0.25) is 4.79 Å². The van der Waals surface area contributed by atoms with Crippen molar-refractivity contribution in [1.82, 2.24) is 9.97 Å². The van der Waals surface area contributed by atoms with E-state index in [0.29, 0.717) is 5.75 Å². The van der Waals surface area contributed by atoms with E-state index in [-0.39, 0.29) is 12.4 Å². The number of para-hydroxylation sites is 2. The van der Waals surface area contributed by atoms with Gasteiger partial charge in [-0.1, -0.05) is 30.3 Å². The van der Waals surface area contributed by atoms with Crippen LogP contribution in [0.1, 0.15) is 5.56 Å². The average molecular weight is 290 g/mol. The Kier molecular flexibility index (Phi) is 2.93. The van der Waals surface area contributed by atoms with Crippen molar-refractivity contribution >= 4 is 27.8 Å². The van der Waals surface area contributed by atoms with Gasteiger partial charge >= 0.3 is 5.97 Å². The molecule has 2 aromatic carbocycles. The van der Waals surface area contributed by atoms with Gasteiger partial charge < -0.3 is 14.7 Å². The van der Waals surface area contributed by atoms with Gasteiger partial charge in [-0.25, -0.2) is 0 Å². The molecule has 0 bridgehead atoms. The van der Waals surface area contributed by atoms with Crippen LogP contribution in [-0.2, 0) is 11.2 Å². The zero-order valence-electron chi connectivity index (χ0n) is 11.8. The lowest BCUT2D eigenvalue weighted by atomic mass is 10.1. The fraction of sp³-hybridized carbons (Fsp3) is 0.0556. The van der Waals surface area contributed by atoms with Crippen LogP contribution in [0.3, 0.4) is 0 Å². The van der Waals surface area contributed by atoms with Gasteiger partial charge in [0, 0.05) is 34.2 Å². The maximum Gasteiger partial charge on any atom is 0.315 e. The van der Waals surface area contributed by atoms with Crippen molar-refractivity contribution in [1.29, 1.82) is 0 Å². The van der Waals surface area contributed by atoms with Crippen LogP contribution >= 0.6 is 0 Å². The van der Waals surface area contributed by atoms with E-state index in [0.717, 1.165) is 27.4 Å². The molecule has 0 fully saturated rings. The van der Waals surface area contributed by atoms with Gasteiger partial charge in [-0.15, -0.1) is 0 Å². The van der Waals surface area contributed by atoms with E-state index in [2.05, 4.69) is 9.97 Å². The van der Waals surface area contributed by atoms with Crippen molar-refractivity contribution in [2.45, 2.75) is 6.42 Å². The second kappa shape index (κ2) is 5.07. The molecular weight excluding hydrogens is 276 g/mol. The van der Waals surface area contributed by atoms with Crippen molar-refractivity contribution in [3.8, 4) is 5.75 Å². The molecule has 4 rings (SSSR count). The molecule has 4 heteroatoms. The molecule has 22 heavy (non-hydrogen) atoms. The minimum absolute atomic E-state index is 0.240. The zero-order valence-corrected chi connectivity index (χ0v) is 11.8. The number of hydrogen-bond acceptors (Lipinski definition) is 2. The highest BCUT2D eigenvalue weighted by Gasteiger charge is 2.12. The molecule has 4 aromatic rings. The Hall–Kier alpha value is -3.01. The normalized spacial score (nSPS) is 11.1. The fourth-order valence-electron chi connectivity index (χ4n) is 2.72. The topological polar surface area (TPSA) is 57.9 Å². The Morgan fingerprint density at radius 3 is 2.32 bits per heavy atom. The third-order valence-corrected chi connectivity index (χ3v) is 3.78. The summed E-state index contributed by atoms with van der Waals surface area (Å²) in [5.41, 5.74) is 2.93. The fourth-order valence-corrected chi connectivity index (χ4v) is 2.72. The van der Waals surface area contributed by atoms with E-state index < -0.39 is 0 Å². The summed E-state index contributed by atoms with van der Waals surface area (Å²) < 4.78 is 5.51. The van der Waals surface area contributed by atoms with Gasteiger partial charge in [0.25, 0.3) is 0 Å². The summed E-state index contributed by atoms with van der Waals surface area (Å²) in [7, 11) is 0. The molecule has 2 N–H and O–H groups in total. The summed E-state index contributed by atoms with van der Waals surface area (Å²) in [4.78, 5) is 18.5. The monoisotopic (exact) mass is 290 g/mol. The molecule has 108 valence electrons. The molecule has 0 amide bonds. The van der Waals surface area contributed by atoms with Crippen LogP contribution in [0.5, 0.6) is 5.75 Å². The third-order valence-electron chi connectivity index (χ3n) is 3.78. The SMILES string of the molecule is O=C(Cc1c[nH]c2ccccc12)Oc1c[nH]c2ccccc12. The van der Waals surface area contributed by atoms with Gasteiger partial charge in [-0.2, -0.15) is 0 Å². The predicted molar refractivity (Wildman–Crippen MR) is 85.9 cm³/mol. The van der Waals surface area contributed by atoms with Gasteiger partial charge in [0.1, 0.15) is 0 Å². The number of H-pyrrole nitrogens is 2. The summed E-state index contributed by atoms with van der Waals surface area (Å²) in [6.07, 6.45) is 3.82. The highest BCUT2D eigenvalue weighted by molar-refractivity contribution is 5.91. The first-order chi connectivity index (χ1) is 10.8. The van der Waals surface area contributed by atoms with Gasteiger partial charge in [-0.05, 0) is 23.8 Å². The number of benzene rings is 2. The highest BCUT2D eigenvalue weighted by Crippen LogP contribution is 2.25. The molecule has 0 aliphatic rings. The van der Waals surface area contributed by atoms with Crippen molar-refractivity contribution in [3.05, 3.63) is 66.5 Å². The number of aromatic nitrogens is 2. The Bertz CT molecular complexity index is 887. The van der Waals surface area contributed by atoms with E-state index in [1.54, 1.807) is 6.20 Å². The van der Waals surface area contributed by atoms with Crippen LogP contribution in [0.4, 0.5) is 0 Å². The van der Waals surface area contributed by atoms with E-state index >= 15 is 0 Å². The van der Waals surface area contributed by atoms with E-state index in [9.17, 15) is 4.79 Å². The number of carbonyl (C=O) groups excluding carboxylic acids is 1. The van der Waals surface area contributed by atoms with Crippen molar-refractivity contribution in [3.63, 3.8) is 0 Å². The molecule has 2 heterocycles. The van der Waals surface area contributed by atoms with E-state index in [4.69, 9.17) is 4.74 Å². The first-order valence-electron chi connectivity index (χ1n) is 7.13. The number of carbonyl (C=O) groups is 1. The second-order valence-electron chi connectivity index (χ2n) is 5.21. The summed E-state index contributed by atoms with van der Waals surface area (Å²) in [6.45, 7) is 0.